The molecule has 1 aliphatic heterocycles. The molecule has 0 aliphatic carbocycles. The summed E-state index contributed by atoms with van der Waals surface area (Å²) >= 11 is 5.81. The van der Waals surface area contributed by atoms with Crippen molar-refractivity contribution in [3.05, 3.63) is 23.0 Å². The zero-order valence-electron chi connectivity index (χ0n) is 13.5. The van der Waals surface area contributed by atoms with Gasteiger partial charge in [0.1, 0.15) is 16.5 Å². The summed E-state index contributed by atoms with van der Waals surface area (Å²) in [6, 6.07) is 1.47. The Hall–Kier alpha value is -1.66. The molecule has 126 valence electrons. The van der Waals surface area contributed by atoms with Crippen LogP contribution in [-0.2, 0) is 9.53 Å². The monoisotopic (exact) mass is 340 g/mol. The van der Waals surface area contributed by atoms with Crippen molar-refractivity contribution in [3.8, 4) is 5.75 Å². The third kappa shape index (κ3) is 4.91. The van der Waals surface area contributed by atoms with Crippen molar-refractivity contribution in [3.63, 3.8) is 0 Å². The topological polar surface area (TPSA) is 77.5 Å². The van der Waals surface area contributed by atoms with Gasteiger partial charge in [-0.05, 0) is 39.8 Å². The maximum Gasteiger partial charge on any atom is 0.348 e. The summed E-state index contributed by atoms with van der Waals surface area (Å²) in [5, 5.41) is 3.31. The summed E-state index contributed by atoms with van der Waals surface area (Å²) in [5.74, 6) is -0.103. The van der Waals surface area contributed by atoms with Crippen LogP contribution in [0.2, 0.25) is 5.15 Å². The lowest BCUT2D eigenvalue weighted by Crippen LogP contribution is -2.41. The Morgan fingerprint density at radius 2 is 2.26 bits per heavy atom. The molecule has 1 unspecified atom stereocenters. The molecule has 0 aromatic carbocycles. The Morgan fingerprint density at radius 1 is 1.52 bits per heavy atom. The van der Waals surface area contributed by atoms with Crippen LogP contribution in [0.25, 0.3) is 0 Å². The van der Waals surface area contributed by atoms with Crippen molar-refractivity contribution < 1.29 is 19.1 Å². The largest absolute Gasteiger partial charge is 0.477 e. The van der Waals surface area contributed by atoms with Crippen molar-refractivity contribution in [1.29, 1.82) is 0 Å². The van der Waals surface area contributed by atoms with E-state index in [0.717, 1.165) is 13.0 Å². The molecule has 1 N–H and O–H groups in total. The highest BCUT2D eigenvalue weighted by Crippen LogP contribution is 2.24. The van der Waals surface area contributed by atoms with Gasteiger partial charge >= 0.3 is 5.97 Å². The normalized spacial score (nSPS) is 19.2. The molecule has 2 atom stereocenters. The fraction of sp³-hybridized carbons (Fsp3) is 0.562. The van der Waals surface area contributed by atoms with Crippen LogP contribution in [0, 0.1) is 5.92 Å². The average Bonchev–Trinajstić information content (AvgIpc) is 2.98. The van der Waals surface area contributed by atoms with E-state index in [9.17, 15) is 9.59 Å². The number of nitrogens with zero attached hydrogens (tertiary/aromatic N) is 1. The number of hydrogen-bond acceptors (Lipinski definition) is 6. The van der Waals surface area contributed by atoms with E-state index in [0.29, 0.717) is 18.6 Å². The molecule has 1 aromatic rings. The van der Waals surface area contributed by atoms with E-state index in [2.05, 4.69) is 10.3 Å². The molecule has 1 aliphatic rings. The van der Waals surface area contributed by atoms with E-state index in [1.54, 1.807) is 0 Å². The Morgan fingerprint density at radius 3 is 2.83 bits per heavy atom. The second-order valence-electron chi connectivity index (χ2n) is 6.49. The fourth-order valence-corrected chi connectivity index (χ4v) is 2.52. The number of pyridine rings is 1. The molecule has 0 saturated carbocycles. The first-order chi connectivity index (χ1) is 10.8. The molecule has 1 fully saturated rings. The fourth-order valence-electron chi connectivity index (χ4n) is 2.37. The molecular formula is C16H21ClN2O4. The highest BCUT2D eigenvalue weighted by molar-refractivity contribution is 6.31. The number of carbonyl (C=O) groups is 2. The minimum absolute atomic E-state index is 0.000194. The van der Waals surface area contributed by atoms with E-state index >= 15 is 0 Å². The van der Waals surface area contributed by atoms with E-state index in [-0.39, 0.29) is 16.6 Å². The maximum absolute atomic E-state index is 12.5. The van der Waals surface area contributed by atoms with Crippen molar-refractivity contribution in [2.45, 2.75) is 38.9 Å². The van der Waals surface area contributed by atoms with E-state index in [4.69, 9.17) is 21.1 Å². The summed E-state index contributed by atoms with van der Waals surface area (Å²) in [5.41, 5.74) is -0.381. The van der Waals surface area contributed by atoms with Gasteiger partial charge in [0.05, 0.1) is 11.8 Å². The molecule has 1 saturated heterocycles. The third-order valence-corrected chi connectivity index (χ3v) is 3.71. The van der Waals surface area contributed by atoms with Crippen LogP contribution in [0.3, 0.4) is 0 Å². The van der Waals surface area contributed by atoms with Gasteiger partial charge in [-0.25, -0.2) is 9.78 Å². The van der Waals surface area contributed by atoms with Crippen LogP contribution in [0.1, 0.15) is 37.6 Å². The van der Waals surface area contributed by atoms with Crippen LogP contribution < -0.4 is 10.1 Å². The lowest BCUT2D eigenvalue weighted by Gasteiger charge is -2.27. The average molecular weight is 341 g/mol. The molecule has 6 nitrogen and oxygen atoms in total. The van der Waals surface area contributed by atoms with Gasteiger partial charge in [0.15, 0.2) is 12.4 Å². The number of carbonyl (C=O) groups excluding carboxylic acids is 2. The first-order valence-corrected chi connectivity index (χ1v) is 7.89. The summed E-state index contributed by atoms with van der Waals surface area (Å²) in [6.07, 6.45) is 2.05. The van der Waals surface area contributed by atoms with Crippen LogP contribution in [0.5, 0.6) is 5.75 Å². The van der Waals surface area contributed by atoms with Crippen molar-refractivity contribution in [2.75, 3.05) is 13.1 Å². The summed E-state index contributed by atoms with van der Waals surface area (Å²) < 4.78 is 11.3. The Bertz CT molecular complexity index is 580. The van der Waals surface area contributed by atoms with Gasteiger partial charge in [0.25, 0.3) is 0 Å². The molecular weight excluding hydrogens is 320 g/mol. The second-order valence-corrected chi connectivity index (χ2v) is 6.85. The number of halogens is 1. The van der Waals surface area contributed by atoms with Gasteiger partial charge in [-0.3, -0.25) is 4.79 Å². The number of aldehydes is 1. The zero-order chi connectivity index (χ0) is 17.0. The highest BCUT2D eigenvalue weighted by atomic mass is 35.5. The SMILES string of the molecule is CC(C)(C)OC(=O)C(Oc1cnc(Cl)c(C=O)c1)[C@@H]1CCNC1. The number of aromatic nitrogens is 1. The van der Waals surface area contributed by atoms with Gasteiger partial charge in [-0.2, -0.15) is 0 Å². The second kappa shape index (κ2) is 7.27. The smallest absolute Gasteiger partial charge is 0.348 e. The molecule has 2 heterocycles. The number of nitrogens with one attached hydrogen (secondary N) is 1. The molecule has 0 radical (unpaired) electrons. The lowest BCUT2D eigenvalue weighted by atomic mass is 10.0. The van der Waals surface area contributed by atoms with Gasteiger partial charge < -0.3 is 14.8 Å². The molecule has 2 rings (SSSR count). The van der Waals surface area contributed by atoms with Crippen LogP contribution in [0.4, 0.5) is 0 Å². The number of hydrogen-bond donors (Lipinski definition) is 1. The Kier molecular flexibility index (Phi) is 5.59. The predicted octanol–water partition coefficient (Wildman–Crippen LogP) is 2.25. The Labute approximate surface area is 140 Å². The lowest BCUT2D eigenvalue weighted by molar-refractivity contribution is -0.165. The van der Waals surface area contributed by atoms with Gasteiger partial charge in [-0.15, -0.1) is 0 Å². The van der Waals surface area contributed by atoms with Crippen molar-refractivity contribution in [2.24, 2.45) is 5.92 Å². The minimum Gasteiger partial charge on any atom is -0.477 e. The summed E-state index contributed by atoms with van der Waals surface area (Å²) in [6.45, 7) is 6.92. The molecule has 1 aromatic heterocycles. The van der Waals surface area contributed by atoms with Gasteiger partial charge in [-0.1, -0.05) is 11.6 Å². The van der Waals surface area contributed by atoms with Crippen LogP contribution in [0.15, 0.2) is 12.3 Å². The van der Waals surface area contributed by atoms with Crippen LogP contribution in [-0.4, -0.2) is 42.0 Å². The molecule has 0 spiro atoms. The number of ether oxygens (including phenoxy) is 2. The Balaban J connectivity index is 2.20. The first-order valence-electron chi connectivity index (χ1n) is 7.51. The highest BCUT2D eigenvalue weighted by Gasteiger charge is 2.36. The third-order valence-electron chi connectivity index (χ3n) is 3.40. The number of esters is 1. The van der Waals surface area contributed by atoms with E-state index < -0.39 is 17.7 Å². The number of rotatable bonds is 5. The predicted molar refractivity (Wildman–Crippen MR) is 85.9 cm³/mol. The van der Waals surface area contributed by atoms with Crippen molar-refractivity contribution in [1.82, 2.24) is 10.3 Å². The quantitative estimate of drug-likeness (QED) is 0.503. The minimum atomic E-state index is -0.758. The maximum atomic E-state index is 12.5. The van der Waals surface area contributed by atoms with Crippen LogP contribution >= 0.6 is 11.6 Å². The van der Waals surface area contributed by atoms with Gasteiger partial charge in [0.2, 0.25) is 0 Å². The summed E-state index contributed by atoms with van der Waals surface area (Å²) in [7, 11) is 0. The molecule has 0 amide bonds. The molecule has 7 heteroatoms. The zero-order valence-corrected chi connectivity index (χ0v) is 14.2. The molecule has 23 heavy (non-hydrogen) atoms. The van der Waals surface area contributed by atoms with Crippen molar-refractivity contribution >= 4 is 23.9 Å². The van der Waals surface area contributed by atoms with E-state index in [1.165, 1.54) is 12.3 Å². The summed E-state index contributed by atoms with van der Waals surface area (Å²) in [4.78, 5) is 27.3. The molecule has 0 bridgehead atoms. The first kappa shape index (κ1) is 17.7. The van der Waals surface area contributed by atoms with E-state index in [1.807, 2.05) is 20.8 Å². The standard InChI is InChI=1S/C16H21ClN2O4/c1-16(2,3)23-15(21)13(10-4-5-18-7-10)22-12-6-11(9-20)14(17)19-8-12/h6,8-10,13,18H,4-5,7H2,1-3H3/t10-,13?/m1/s1. The van der Waals surface area contributed by atoms with Gasteiger partial charge in [0, 0.05) is 12.5 Å².